The van der Waals surface area contributed by atoms with Crippen LogP contribution in [0.25, 0.3) is 16.5 Å². The van der Waals surface area contributed by atoms with E-state index < -0.39 is 0 Å². The summed E-state index contributed by atoms with van der Waals surface area (Å²) in [6.07, 6.45) is 4.37. The number of benzene rings is 2. The summed E-state index contributed by atoms with van der Waals surface area (Å²) in [6, 6.07) is 22.2. The summed E-state index contributed by atoms with van der Waals surface area (Å²) in [6.45, 7) is 4.47. The van der Waals surface area contributed by atoms with Gasteiger partial charge < -0.3 is 15.0 Å². The lowest BCUT2D eigenvalue weighted by Crippen LogP contribution is -2.49. The zero-order valence-electron chi connectivity index (χ0n) is 18.6. The molecule has 0 spiro atoms. The fourth-order valence-corrected chi connectivity index (χ4v) is 5.10. The first-order valence-corrected chi connectivity index (χ1v) is 12.1. The molecule has 1 aliphatic rings. The number of piperazine rings is 1. The standard InChI is InChI=1S/C26H27N3O2S2/c1-31-25(30)22-19-23(21-12-6-3-7-13-21)33-24(22)27-26(32)29-17-15-28(16-18-29)14-8-11-20-9-4-2-5-10-20/h2-13,19H,14-18H2,1H3,(H,27,32)/b11-8+. The van der Waals surface area contributed by atoms with Crippen molar-refractivity contribution in [2.24, 2.45) is 0 Å². The lowest BCUT2D eigenvalue weighted by molar-refractivity contribution is 0.0602. The first-order chi connectivity index (χ1) is 16.1. The van der Waals surface area contributed by atoms with E-state index in [9.17, 15) is 4.79 Å². The number of rotatable bonds is 6. The molecule has 0 unspecified atom stereocenters. The van der Waals surface area contributed by atoms with Crippen molar-refractivity contribution in [3.63, 3.8) is 0 Å². The summed E-state index contributed by atoms with van der Waals surface area (Å²) in [7, 11) is 1.40. The Balaban J connectivity index is 1.35. The molecule has 33 heavy (non-hydrogen) atoms. The van der Waals surface area contributed by atoms with Gasteiger partial charge in [0.25, 0.3) is 0 Å². The van der Waals surface area contributed by atoms with Crippen LogP contribution in [0.3, 0.4) is 0 Å². The second kappa shape index (κ2) is 11.2. The number of methoxy groups -OCH3 is 1. The lowest BCUT2D eigenvalue weighted by atomic mass is 10.1. The number of hydrogen-bond donors (Lipinski definition) is 1. The third kappa shape index (κ3) is 6.07. The van der Waals surface area contributed by atoms with Crippen LogP contribution in [0.15, 0.2) is 72.8 Å². The first kappa shape index (κ1) is 23.2. The molecule has 1 fully saturated rings. The molecule has 170 valence electrons. The maximum Gasteiger partial charge on any atom is 0.340 e. The Bertz CT molecular complexity index is 1110. The second-order valence-electron chi connectivity index (χ2n) is 7.74. The maximum absolute atomic E-state index is 12.4. The normalized spacial score (nSPS) is 14.4. The van der Waals surface area contributed by atoms with Crippen molar-refractivity contribution in [2.45, 2.75) is 0 Å². The third-order valence-electron chi connectivity index (χ3n) is 5.55. The van der Waals surface area contributed by atoms with Crippen LogP contribution in [0.4, 0.5) is 5.00 Å². The minimum Gasteiger partial charge on any atom is -0.465 e. The van der Waals surface area contributed by atoms with E-state index in [1.54, 1.807) is 0 Å². The van der Waals surface area contributed by atoms with Gasteiger partial charge in [-0.15, -0.1) is 11.3 Å². The molecule has 5 nitrogen and oxygen atoms in total. The number of hydrogen-bond acceptors (Lipinski definition) is 5. The van der Waals surface area contributed by atoms with Crippen molar-refractivity contribution in [3.05, 3.63) is 83.9 Å². The molecule has 7 heteroatoms. The minimum atomic E-state index is -0.367. The molecule has 2 heterocycles. The van der Waals surface area contributed by atoms with Crippen LogP contribution in [-0.2, 0) is 4.74 Å². The number of ether oxygens (including phenoxy) is 1. The van der Waals surface area contributed by atoms with Gasteiger partial charge in [-0.1, -0.05) is 72.8 Å². The van der Waals surface area contributed by atoms with E-state index in [-0.39, 0.29) is 5.97 Å². The van der Waals surface area contributed by atoms with Gasteiger partial charge in [0, 0.05) is 37.6 Å². The Kier molecular flexibility index (Phi) is 7.88. The number of nitrogens with zero attached hydrogens (tertiary/aromatic N) is 2. The lowest BCUT2D eigenvalue weighted by Gasteiger charge is -2.35. The van der Waals surface area contributed by atoms with Crippen molar-refractivity contribution in [2.75, 3.05) is 45.2 Å². The average Bonchev–Trinajstić information content (AvgIpc) is 3.29. The third-order valence-corrected chi connectivity index (χ3v) is 7.01. The molecule has 3 aromatic rings. The van der Waals surface area contributed by atoms with Gasteiger partial charge in [-0.2, -0.15) is 0 Å². The van der Waals surface area contributed by atoms with E-state index in [1.807, 2.05) is 42.5 Å². The van der Waals surface area contributed by atoms with E-state index >= 15 is 0 Å². The molecule has 0 aliphatic carbocycles. The Morgan fingerprint density at radius 3 is 2.39 bits per heavy atom. The van der Waals surface area contributed by atoms with Crippen molar-refractivity contribution >= 4 is 45.7 Å². The van der Waals surface area contributed by atoms with Crippen molar-refractivity contribution in [3.8, 4) is 10.4 Å². The number of anilines is 1. The summed E-state index contributed by atoms with van der Waals surface area (Å²) in [5.41, 5.74) is 2.78. The fraction of sp³-hybridized carbons (Fsp3) is 0.231. The van der Waals surface area contributed by atoms with Gasteiger partial charge in [-0.3, -0.25) is 4.90 Å². The molecule has 1 saturated heterocycles. The van der Waals surface area contributed by atoms with Gasteiger partial charge in [0.2, 0.25) is 0 Å². The van der Waals surface area contributed by atoms with Crippen molar-refractivity contribution < 1.29 is 9.53 Å². The smallest absolute Gasteiger partial charge is 0.340 e. The average molecular weight is 478 g/mol. The molecule has 0 bridgehead atoms. The van der Waals surface area contributed by atoms with Gasteiger partial charge in [0.15, 0.2) is 5.11 Å². The van der Waals surface area contributed by atoms with Crippen LogP contribution in [0, 0.1) is 0 Å². The predicted molar refractivity (Wildman–Crippen MR) is 141 cm³/mol. The monoisotopic (exact) mass is 477 g/mol. The number of carbonyl (C=O) groups is 1. The number of nitrogens with one attached hydrogen (secondary N) is 1. The van der Waals surface area contributed by atoms with Gasteiger partial charge in [-0.05, 0) is 29.4 Å². The molecule has 1 N–H and O–H groups in total. The van der Waals surface area contributed by atoms with Gasteiger partial charge in [0.1, 0.15) is 5.00 Å². The highest BCUT2D eigenvalue weighted by molar-refractivity contribution is 7.80. The quantitative estimate of drug-likeness (QED) is 0.387. The molecule has 0 atom stereocenters. The zero-order valence-corrected chi connectivity index (χ0v) is 20.2. The molecule has 0 saturated carbocycles. The van der Waals surface area contributed by atoms with Crippen molar-refractivity contribution in [1.29, 1.82) is 0 Å². The van der Waals surface area contributed by atoms with Gasteiger partial charge in [0.05, 0.1) is 12.7 Å². The molecule has 2 aromatic carbocycles. The van der Waals surface area contributed by atoms with Gasteiger partial charge >= 0.3 is 5.97 Å². The number of carbonyl (C=O) groups excluding carboxylic acids is 1. The SMILES string of the molecule is COC(=O)c1cc(-c2ccccc2)sc1NC(=S)N1CCN(C/C=C/c2ccccc2)CC1. The summed E-state index contributed by atoms with van der Waals surface area (Å²) >= 11 is 7.20. The summed E-state index contributed by atoms with van der Waals surface area (Å²) < 4.78 is 4.99. The predicted octanol–water partition coefficient (Wildman–Crippen LogP) is 5.23. The number of esters is 1. The van der Waals surface area contributed by atoms with E-state index in [2.05, 4.69) is 51.5 Å². The largest absolute Gasteiger partial charge is 0.465 e. The van der Waals surface area contributed by atoms with Crippen LogP contribution in [0.1, 0.15) is 15.9 Å². The highest BCUT2D eigenvalue weighted by Crippen LogP contribution is 2.36. The zero-order chi connectivity index (χ0) is 23.0. The highest BCUT2D eigenvalue weighted by Gasteiger charge is 2.22. The van der Waals surface area contributed by atoms with E-state index in [0.717, 1.165) is 48.2 Å². The summed E-state index contributed by atoms with van der Waals surface area (Å²) in [4.78, 5) is 17.9. The number of thiophene rings is 1. The molecule has 0 amide bonds. The second-order valence-corrected chi connectivity index (χ2v) is 9.18. The molecular formula is C26H27N3O2S2. The summed E-state index contributed by atoms with van der Waals surface area (Å²) in [5, 5.41) is 4.67. The van der Waals surface area contributed by atoms with Gasteiger partial charge in [-0.25, -0.2) is 4.79 Å². The number of thiocarbonyl (C=S) groups is 1. The molecule has 1 aliphatic heterocycles. The fourth-order valence-electron chi connectivity index (χ4n) is 3.70. The molecular weight excluding hydrogens is 450 g/mol. The Morgan fingerprint density at radius 1 is 1.06 bits per heavy atom. The van der Waals surface area contributed by atoms with E-state index in [1.165, 1.54) is 24.0 Å². The molecule has 1 aromatic heterocycles. The van der Waals surface area contributed by atoms with Crippen LogP contribution in [0.5, 0.6) is 0 Å². The van der Waals surface area contributed by atoms with Crippen LogP contribution < -0.4 is 5.32 Å². The minimum absolute atomic E-state index is 0.367. The maximum atomic E-state index is 12.4. The molecule has 0 radical (unpaired) electrons. The molecule has 4 rings (SSSR count). The Morgan fingerprint density at radius 2 is 1.73 bits per heavy atom. The van der Waals surface area contributed by atoms with E-state index in [4.69, 9.17) is 17.0 Å². The van der Waals surface area contributed by atoms with Crippen LogP contribution in [0.2, 0.25) is 0 Å². The topological polar surface area (TPSA) is 44.8 Å². The van der Waals surface area contributed by atoms with Crippen LogP contribution >= 0.6 is 23.6 Å². The highest BCUT2D eigenvalue weighted by atomic mass is 32.1. The van der Waals surface area contributed by atoms with Crippen molar-refractivity contribution in [1.82, 2.24) is 9.80 Å². The Labute approximate surface area is 204 Å². The summed E-state index contributed by atoms with van der Waals surface area (Å²) in [5.74, 6) is -0.367. The van der Waals surface area contributed by atoms with E-state index in [0.29, 0.717) is 10.7 Å². The first-order valence-electron chi connectivity index (χ1n) is 10.9. The Hall–Kier alpha value is -3.00. The van der Waals surface area contributed by atoms with Crippen LogP contribution in [-0.4, -0.2) is 60.7 Å².